The maximum absolute atomic E-state index is 6.68. The van der Waals surface area contributed by atoms with Crippen molar-refractivity contribution >= 4 is 23.4 Å². The number of nitrogens with one attached hydrogen (secondary N) is 1. The zero-order valence-corrected chi connectivity index (χ0v) is 20.0. The quantitative estimate of drug-likeness (QED) is 0.378. The Morgan fingerprint density at radius 1 is 0.971 bits per heavy atom. The summed E-state index contributed by atoms with van der Waals surface area (Å²) in [4.78, 5) is 4.76. The van der Waals surface area contributed by atoms with Gasteiger partial charge in [0.05, 0.1) is 12.8 Å². The summed E-state index contributed by atoms with van der Waals surface area (Å²) in [6.07, 6.45) is 1.69. The molecule has 7 heteroatoms. The number of nitrogens with zero attached hydrogens (tertiary/aromatic N) is 3. The van der Waals surface area contributed by atoms with Gasteiger partial charge in [-0.25, -0.2) is 4.68 Å². The van der Waals surface area contributed by atoms with E-state index in [1.807, 2.05) is 41.3 Å². The Labute approximate surface area is 202 Å². The number of thioether (sulfide) groups is 1. The highest BCUT2D eigenvalue weighted by Gasteiger charge is 2.41. The van der Waals surface area contributed by atoms with Crippen LogP contribution >= 0.6 is 11.8 Å². The number of hydrogen-bond acceptors (Lipinski definition) is 6. The fourth-order valence-corrected chi connectivity index (χ4v) is 5.01. The number of aryl methyl sites for hydroxylation is 1. The van der Waals surface area contributed by atoms with Gasteiger partial charge in [0.25, 0.3) is 0 Å². The van der Waals surface area contributed by atoms with Crippen molar-refractivity contribution in [1.29, 1.82) is 0 Å². The zero-order chi connectivity index (χ0) is 23.2. The monoisotopic (exact) mass is 468 g/mol. The highest BCUT2D eigenvalue weighted by Crippen LogP contribution is 2.51. The van der Waals surface area contributed by atoms with E-state index in [1.165, 1.54) is 17.3 Å². The number of ether oxygens (including phenoxy) is 2. The molecule has 2 aliphatic heterocycles. The summed E-state index contributed by atoms with van der Waals surface area (Å²) in [5, 5.41) is 9.17. The molecule has 1 N–H and O–H groups in total. The van der Waals surface area contributed by atoms with E-state index >= 15 is 0 Å². The van der Waals surface area contributed by atoms with Gasteiger partial charge in [-0.2, -0.15) is 4.98 Å². The molecule has 0 spiro atoms. The van der Waals surface area contributed by atoms with Crippen molar-refractivity contribution in [1.82, 2.24) is 14.8 Å². The van der Waals surface area contributed by atoms with Crippen LogP contribution in [-0.2, 0) is 0 Å². The first-order valence-electron chi connectivity index (χ1n) is 11.1. The van der Waals surface area contributed by atoms with Crippen molar-refractivity contribution in [3.63, 3.8) is 0 Å². The maximum Gasteiger partial charge on any atom is 0.227 e. The summed E-state index contributed by atoms with van der Waals surface area (Å²) in [5.41, 5.74) is 6.57. The molecule has 0 aliphatic carbocycles. The number of benzene rings is 3. The molecular weight excluding hydrogens is 444 g/mol. The Bertz CT molecular complexity index is 1390. The van der Waals surface area contributed by atoms with Crippen LogP contribution in [0.4, 0.5) is 5.95 Å². The molecule has 6 nitrogen and oxygen atoms in total. The second kappa shape index (κ2) is 8.25. The molecule has 3 heterocycles. The third-order valence-corrected chi connectivity index (χ3v) is 6.89. The van der Waals surface area contributed by atoms with Crippen LogP contribution in [0.15, 0.2) is 83.5 Å². The van der Waals surface area contributed by atoms with Crippen LogP contribution in [0.3, 0.4) is 0 Å². The Balaban J connectivity index is 1.60. The Kier molecular flexibility index (Phi) is 5.07. The van der Waals surface area contributed by atoms with E-state index in [2.05, 4.69) is 54.7 Å². The molecule has 4 aromatic rings. The summed E-state index contributed by atoms with van der Waals surface area (Å²) >= 11 is 1.54. The molecule has 0 saturated heterocycles. The van der Waals surface area contributed by atoms with Gasteiger partial charge in [-0.3, -0.25) is 0 Å². The maximum atomic E-state index is 6.68. The molecular formula is C27H24N4O2S. The fourth-order valence-electron chi connectivity index (χ4n) is 4.67. The molecule has 6 rings (SSSR count). The second-order valence-corrected chi connectivity index (χ2v) is 9.18. The molecule has 2 atom stereocenters. The first kappa shape index (κ1) is 20.9. The lowest BCUT2D eigenvalue weighted by Gasteiger charge is -2.39. The van der Waals surface area contributed by atoms with Gasteiger partial charge in [-0.15, -0.1) is 5.10 Å². The van der Waals surface area contributed by atoms with E-state index < -0.39 is 0 Å². The average Bonchev–Trinajstić information content (AvgIpc) is 3.30. The lowest BCUT2D eigenvalue weighted by atomic mass is 9.84. The first-order chi connectivity index (χ1) is 16.7. The smallest absolute Gasteiger partial charge is 0.227 e. The van der Waals surface area contributed by atoms with Crippen molar-refractivity contribution in [3.8, 4) is 11.5 Å². The molecule has 34 heavy (non-hydrogen) atoms. The number of rotatable bonds is 4. The minimum atomic E-state index is -0.301. The molecule has 0 unspecified atom stereocenters. The molecule has 0 saturated carbocycles. The first-order valence-corrected chi connectivity index (χ1v) is 12.4. The van der Waals surface area contributed by atoms with E-state index in [1.54, 1.807) is 7.11 Å². The van der Waals surface area contributed by atoms with E-state index in [9.17, 15) is 0 Å². The van der Waals surface area contributed by atoms with Crippen molar-refractivity contribution in [2.75, 3.05) is 18.7 Å². The predicted molar refractivity (Wildman–Crippen MR) is 134 cm³/mol. The van der Waals surface area contributed by atoms with Gasteiger partial charge < -0.3 is 14.8 Å². The zero-order valence-electron chi connectivity index (χ0n) is 19.1. The van der Waals surface area contributed by atoms with Crippen molar-refractivity contribution in [3.05, 3.63) is 101 Å². The number of hydrogen-bond donors (Lipinski definition) is 1. The molecule has 0 radical (unpaired) electrons. The predicted octanol–water partition coefficient (Wildman–Crippen LogP) is 5.88. The van der Waals surface area contributed by atoms with E-state index in [0.717, 1.165) is 50.6 Å². The number of fused-ring (bicyclic) bond motifs is 3. The van der Waals surface area contributed by atoms with Crippen LogP contribution in [0.1, 0.15) is 34.4 Å². The summed E-state index contributed by atoms with van der Waals surface area (Å²) in [6, 6.07) is 24.7. The van der Waals surface area contributed by atoms with Crippen LogP contribution in [0, 0.1) is 6.92 Å². The highest BCUT2D eigenvalue weighted by molar-refractivity contribution is 7.98. The SMILES string of the molecule is COc1ccc([C@@H]2Oc3ccccc3C3=C2[C@@H](c2ccc(C)cc2)n2nc(SC)nc2N3)cc1. The standard InChI is InChI=1S/C27H24N4O2S/c1-16-8-10-17(11-9-16)24-22-23(28-26-29-27(34-3)30-31(24)26)20-6-4-5-7-21(20)33-25(22)18-12-14-19(32-2)15-13-18/h4-15,24-25H,1-3H3,(H,28,29,30)/t24-,25+/m1/s1. The number of anilines is 1. The summed E-state index contributed by atoms with van der Waals surface area (Å²) in [6.45, 7) is 2.10. The van der Waals surface area contributed by atoms with Crippen LogP contribution in [-0.4, -0.2) is 28.1 Å². The molecule has 0 bridgehead atoms. The lowest BCUT2D eigenvalue weighted by Crippen LogP contribution is -2.32. The second-order valence-electron chi connectivity index (χ2n) is 8.40. The van der Waals surface area contributed by atoms with Gasteiger partial charge in [-0.05, 0) is 48.6 Å². The summed E-state index contributed by atoms with van der Waals surface area (Å²) in [7, 11) is 1.68. The summed E-state index contributed by atoms with van der Waals surface area (Å²) < 4.78 is 14.1. The average molecular weight is 469 g/mol. The van der Waals surface area contributed by atoms with Crippen LogP contribution in [0.5, 0.6) is 11.5 Å². The van der Waals surface area contributed by atoms with E-state index in [-0.39, 0.29) is 12.1 Å². The van der Waals surface area contributed by atoms with Crippen LogP contribution in [0.25, 0.3) is 5.70 Å². The fraction of sp³-hybridized carbons (Fsp3) is 0.185. The molecule has 0 fully saturated rings. The van der Waals surface area contributed by atoms with Gasteiger partial charge in [-0.1, -0.05) is 65.9 Å². The number of para-hydroxylation sites is 1. The molecule has 3 aromatic carbocycles. The van der Waals surface area contributed by atoms with Gasteiger partial charge in [0.1, 0.15) is 23.6 Å². The Morgan fingerprint density at radius 3 is 2.44 bits per heavy atom. The molecule has 0 amide bonds. The Hall–Kier alpha value is -3.71. The highest BCUT2D eigenvalue weighted by atomic mass is 32.2. The van der Waals surface area contributed by atoms with Crippen molar-refractivity contribution < 1.29 is 9.47 Å². The van der Waals surface area contributed by atoms with Gasteiger partial charge >= 0.3 is 0 Å². The number of aromatic nitrogens is 3. The largest absolute Gasteiger partial charge is 0.497 e. The molecule has 2 aliphatic rings. The lowest BCUT2D eigenvalue weighted by molar-refractivity contribution is 0.222. The normalized spacial score (nSPS) is 18.3. The van der Waals surface area contributed by atoms with Gasteiger partial charge in [0, 0.05) is 11.1 Å². The van der Waals surface area contributed by atoms with Crippen LogP contribution < -0.4 is 14.8 Å². The van der Waals surface area contributed by atoms with Crippen molar-refractivity contribution in [2.24, 2.45) is 0 Å². The van der Waals surface area contributed by atoms with Gasteiger partial charge in [0.15, 0.2) is 0 Å². The Morgan fingerprint density at radius 2 is 1.71 bits per heavy atom. The van der Waals surface area contributed by atoms with Gasteiger partial charge in [0.2, 0.25) is 11.1 Å². The molecule has 1 aromatic heterocycles. The summed E-state index contributed by atoms with van der Waals surface area (Å²) in [5.74, 6) is 2.39. The third kappa shape index (κ3) is 3.35. The minimum absolute atomic E-state index is 0.166. The number of methoxy groups -OCH3 is 1. The van der Waals surface area contributed by atoms with Crippen LogP contribution in [0.2, 0.25) is 0 Å². The minimum Gasteiger partial charge on any atom is -0.497 e. The van der Waals surface area contributed by atoms with Crippen molar-refractivity contribution in [2.45, 2.75) is 24.2 Å². The topological polar surface area (TPSA) is 61.2 Å². The van der Waals surface area contributed by atoms with E-state index in [0.29, 0.717) is 0 Å². The molecule has 170 valence electrons. The third-order valence-electron chi connectivity index (χ3n) is 6.35. The van der Waals surface area contributed by atoms with E-state index in [4.69, 9.17) is 19.6 Å².